The average Bonchev–Trinajstić information content (AvgIpc) is 3.10. The summed E-state index contributed by atoms with van der Waals surface area (Å²) in [4.78, 5) is 25.1. The summed E-state index contributed by atoms with van der Waals surface area (Å²) < 4.78 is 11.7. The number of likely N-dealkylation sites (tertiary alicyclic amines) is 1. The molecule has 1 saturated heterocycles. The first kappa shape index (κ1) is 20.4. The maximum atomic E-state index is 12.2. The van der Waals surface area contributed by atoms with E-state index in [1.54, 1.807) is 4.90 Å². The van der Waals surface area contributed by atoms with E-state index in [4.69, 9.17) is 21.1 Å². The number of thiophene rings is 1. The van der Waals surface area contributed by atoms with E-state index >= 15 is 0 Å². The molecule has 0 radical (unpaired) electrons. The van der Waals surface area contributed by atoms with Crippen LogP contribution in [0.15, 0.2) is 6.07 Å². The number of nitrogens with zero attached hydrogens (tertiary/aromatic N) is 1. The van der Waals surface area contributed by atoms with Crippen molar-refractivity contribution in [2.45, 2.75) is 51.4 Å². The van der Waals surface area contributed by atoms with Gasteiger partial charge in [-0.1, -0.05) is 11.6 Å². The molecule has 2 aliphatic rings. The van der Waals surface area contributed by atoms with Gasteiger partial charge in [-0.15, -0.1) is 11.3 Å². The van der Waals surface area contributed by atoms with E-state index in [1.807, 2.05) is 20.8 Å². The molecule has 1 amide bonds. The van der Waals surface area contributed by atoms with E-state index in [9.17, 15) is 14.7 Å². The summed E-state index contributed by atoms with van der Waals surface area (Å²) in [5.41, 5.74) is -0.522. The fourth-order valence-corrected chi connectivity index (χ4v) is 4.32. The van der Waals surface area contributed by atoms with Gasteiger partial charge in [0.25, 0.3) is 0 Å². The molecule has 1 aliphatic carbocycles. The quantitative estimate of drug-likeness (QED) is 0.664. The van der Waals surface area contributed by atoms with Crippen molar-refractivity contribution in [3.63, 3.8) is 0 Å². The Labute approximate surface area is 167 Å². The zero-order valence-electron chi connectivity index (χ0n) is 14.7. The van der Waals surface area contributed by atoms with Gasteiger partial charge in [0.05, 0.1) is 15.2 Å². The summed E-state index contributed by atoms with van der Waals surface area (Å²) >= 11 is 6.81. The molecule has 1 aliphatic heterocycles. The maximum Gasteiger partial charge on any atom is 1.00 e. The van der Waals surface area contributed by atoms with Crippen molar-refractivity contribution in [3.05, 3.63) is 15.3 Å². The minimum atomic E-state index is -1.29. The van der Waals surface area contributed by atoms with Gasteiger partial charge in [-0.3, -0.25) is 0 Å². The van der Waals surface area contributed by atoms with Crippen LogP contribution in [-0.2, 0) is 4.74 Å². The molecule has 1 aromatic heterocycles. The van der Waals surface area contributed by atoms with Crippen molar-refractivity contribution in [2.24, 2.45) is 5.92 Å². The summed E-state index contributed by atoms with van der Waals surface area (Å²) in [6.07, 6.45) is 1.06. The number of fused-ring (bicyclic) bond motifs is 2. The summed E-state index contributed by atoms with van der Waals surface area (Å²) in [5.74, 6) is -0.873. The molecule has 3 rings (SSSR count). The molecule has 0 aromatic carbocycles. The van der Waals surface area contributed by atoms with Crippen LogP contribution in [0.1, 0.15) is 43.3 Å². The van der Waals surface area contributed by atoms with Gasteiger partial charge in [-0.2, -0.15) is 0 Å². The Morgan fingerprint density at radius 2 is 2.04 bits per heavy atom. The second kappa shape index (κ2) is 7.40. The Balaban J connectivity index is 0.00000225. The van der Waals surface area contributed by atoms with Gasteiger partial charge >= 0.3 is 25.0 Å². The Morgan fingerprint density at radius 1 is 1.36 bits per heavy atom. The molecule has 1 saturated carbocycles. The number of hydrogen-bond acceptors (Lipinski definition) is 6. The van der Waals surface area contributed by atoms with E-state index in [0.717, 1.165) is 17.8 Å². The number of halogens is 1. The number of carbonyl (C=O) groups is 2. The second-order valence-electron chi connectivity index (χ2n) is 7.21. The Hall–Kier alpha value is -0.873. The third kappa shape index (κ3) is 4.46. The number of rotatable bonds is 3. The molecule has 0 spiro atoms. The van der Waals surface area contributed by atoms with Crippen LogP contribution in [0.5, 0.6) is 5.75 Å². The van der Waals surface area contributed by atoms with E-state index in [-0.39, 0.29) is 53.6 Å². The number of ether oxygens (including phenoxy) is 2. The standard InChI is InChI=1S/C16H20ClNO5S.Li/c1-16(2,3)23-15(21)18-7-8-4-9(18)5-10(8)22-11-6-12(17)24-13(11)14(19)20;/h6,8-10H,4-5,7H2,1-3H3,(H,19,20);/q;+1/p-1. The molecule has 1 aromatic rings. The number of aromatic carboxylic acids is 1. The van der Waals surface area contributed by atoms with Gasteiger partial charge in [-0.05, 0) is 27.2 Å². The first-order chi connectivity index (χ1) is 11.1. The molecule has 9 heteroatoms. The van der Waals surface area contributed by atoms with Gasteiger partial charge in [0.1, 0.15) is 17.5 Å². The molecule has 25 heavy (non-hydrogen) atoms. The summed E-state index contributed by atoms with van der Waals surface area (Å²) in [5, 5.41) is 11.1. The smallest absolute Gasteiger partial charge is 0.544 e. The van der Waals surface area contributed by atoms with Crippen molar-refractivity contribution in [3.8, 4) is 5.75 Å². The SMILES string of the molecule is CC(C)(C)OC(=O)N1CC2CC1CC2Oc1cc(Cl)sc1C(=O)[O-].[Li+]. The third-order valence-corrected chi connectivity index (χ3v) is 5.46. The molecular formula is C16H19ClLiNO5S. The van der Waals surface area contributed by atoms with Gasteiger partial charge in [-0.25, -0.2) is 4.79 Å². The van der Waals surface area contributed by atoms with E-state index in [2.05, 4.69) is 0 Å². The normalized spacial score (nSPS) is 24.8. The number of hydrogen-bond donors (Lipinski definition) is 0. The van der Waals surface area contributed by atoms with Crippen molar-refractivity contribution in [1.82, 2.24) is 4.90 Å². The largest absolute Gasteiger partial charge is 1.00 e. The topological polar surface area (TPSA) is 78.9 Å². The fraction of sp³-hybridized carbons (Fsp3) is 0.625. The minimum absolute atomic E-state index is 0. The predicted molar refractivity (Wildman–Crippen MR) is 87.5 cm³/mol. The van der Waals surface area contributed by atoms with Crippen LogP contribution >= 0.6 is 22.9 Å². The Morgan fingerprint density at radius 3 is 2.56 bits per heavy atom. The van der Waals surface area contributed by atoms with Crippen molar-refractivity contribution < 1.29 is 43.0 Å². The first-order valence-corrected chi connectivity index (χ1v) is 9.00. The minimum Gasteiger partial charge on any atom is -0.544 e. The molecule has 2 bridgehead atoms. The van der Waals surface area contributed by atoms with E-state index in [0.29, 0.717) is 17.3 Å². The number of piperidine rings is 1. The fourth-order valence-electron chi connectivity index (χ4n) is 3.33. The van der Waals surface area contributed by atoms with Crippen molar-refractivity contribution >= 4 is 35.0 Å². The molecule has 6 nitrogen and oxygen atoms in total. The Bertz CT molecular complexity index is 674. The van der Waals surface area contributed by atoms with Crippen LogP contribution in [0.4, 0.5) is 4.79 Å². The second-order valence-corrected chi connectivity index (χ2v) is 8.89. The van der Waals surface area contributed by atoms with Crippen LogP contribution in [0.2, 0.25) is 4.34 Å². The van der Waals surface area contributed by atoms with Gasteiger partial charge in [0.15, 0.2) is 0 Å². The van der Waals surface area contributed by atoms with Crippen LogP contribution in [-0.4, -0.2) is 41.3 Å². The zero-order valence-corrected chi connectivity index (χ0v) is 16.3. The first-order valence-electron chi connectivity index (χ1n) is 7.81. The van der Waals surface area contributed by atoms with Gasteiger partial charge < -0.3 is 24.3 Å². The molecule has 0 N–H and O–H groups in total. The van der Waals surface area contributed by atoms with Crippen LogP contribution in [0.3, 0.4) is 0 Å². The van der Waals surface area contributed by atoms with Crippen LogP contribution in [0, 0.1) is 5.92 Å². The summed E-state index contributed by atoms with van der Waals surface area (Å²) in [6.45, 7) is 6.08. The zero-order chi connectivity index (χ0) is 17.6. The molecule has 2 heterocycles. The monoisotopic (exact) mass is 379 g/mol. The Kier molecular flexibility index (Phi) is 6.05. The number of amides is 1. The molecule has 3 atom stereocenters. The molecule has 132 valence electrons. The number of carboxylic acids is 1. The average molecular weight is 380 g/mol. The molecule has 2 fully saturated rings. The van der Waals surface area contributed by atoms with Crippen LogP contribution in [0.25, 0.3) is 0 Å². The van der Waals surface area contributed by atoms with Crippen molar-refractivity contribution in [2.75, 3.05) is 6.54 Å². The molecular weight excluding hydrogens is 361 g/mol. The third-order valence-electron chi connectivity index (χ3n) is 4.24. The predicted octanol–water partition coefficient (Wildman–Crippen LogP) is -0.454. The van der Waals surface area contributed by atoms with E-state index in [1.165, 1.54) is 6.07 Å². The number of carboxylic acid groups (broad SMARTS) is 1. The maximum absolute atomic E-state index is 12.2. The van der Waals surface area contributed by atoms with E-state index < -0.39 is 11.6 Å². The molecule has 3 unspecified atom stereocenters. The summed E-state index contributed by atoms with van der Waals surface area (Å²) in [7, 11) is 0. The summed E-state index contributed by atoms with van der Waals surface area (Å²) in [6, 6.07) is 1.57. The van der Waals surface area contributed by atoms with Crippen LogP contribution < -0.4 is 28.7 Å². The van der Waals surface area contributed by atoms with Gasteiger partial charge in [0.2, 0.25) is 0 Å². The van der Waals surface area contributed by atoms with Gasteiger partial charge in [0, 0.05) is 31.0 Å². The van der Waals surface area contributed by atoms with Crippen molar-refractivity contribution in [1.29, 1.82) is 0 Å². The number of carbonyl (C=O) groups excluding carboxylic acids is 2.